The molecule has 0 aliphatic carbocycles. The fourth-order valence-electron chi connectivity index (χ4n) is 1.36. The zero-order valence-electron chi connectivity index (χ0n) is 10.9. The molecule has 7 heteroatoms. The van der Waals surface area contributed by atoms with E-state index in [4.69, 9.17) is 11.6 Å². The molecule has 1 atom stereocenters. The lowest BCUT2D eigenvalue weighted by molar-refractivity contribution is -0.121. The minimum absolute atomic E-state index is 0.0466. The number of carbonyl (C=O) groups excluding carboxylic acids is 2. The first-order valence-electron chi connectivity index (χ1n) is 6.07. The first-order chi connectivity index (χ1) is 9.08. The van der Waals surface area contributed by atoms with Crippen molar-refractivity contribution in [3.05, 3.63) is 17.0 Å². The standard InChI is InChI=1S/C12H17ClN4O2/c1-3-8(2)17-10(19)4-5-14-12-9(6-18)11(13)15-7-16-12/h6-8H,3-5H2,1-2H3,(H,17,19)(H,14,15,16). The summed E-state index contributed by atoms with van der Waals surface area (Å²) in [6.07, 6.45) is 3.03. The highest BCUT2D eigenvalue weighted by Crippen LogP contribution is 2.16. The summed E-state index contributed by atoms with van der Waals surface area (Å²) in [6.45, 7) is 4.32. The minimum Gasteiger partial charge on any atom is -0.369 e. The Morgan fingerprint density at radius 2 is 2.26 bits per heavy atom. The van der Waals surface area contributed by atoms with E-state index in [9.17, 15) is 9.59 Å². The summed E-state index contributed by atoms with van der Waals surface area (Å²) in [5.74, 6) is 0.293. The van der Waals surface area contributed by atoms with Crippen molar-refractivity contribution < 1.29 is 9.59 Å². The number of nitrogens with one attached hydrogen (secondary N) is 2. The number of aromatic nitrogens is 2. The number of amides is 1. The average Bonchev–Trinajstić information content (AvgIpc) is 2.38. The highest BCUT2D eigenvalue weighted by molar-refractivity contribution is 6.32. The molecule has 0 saturated heterocycles. The topological polar surface area (TPSA) is 84.0 Å². The zero-order valence-corrected chi connectivity index (χ0v) is 11.7. The number of aldehydes is 1. The lowest BCUT2D eigenvalue weighted by Crippen LogP contribution is -2.33. The van der Waals surface area contributed by atoms with E-state index >= 15 is 0 Å². The van der Waals surface area contributed by atoms with Gasteiger partial charge in [0.05, 0.1) is 5.56 Å². The van der Waals surface area contributed by atoms with Crippen molar-refractivity contribution in [1.82, 2.24) is 15.3 Å². The molecule has 104 valence electrons. The molecular weight excluding hydrogens is 268 g/mol. The summed E-state index contributed by atoms with van der Waals surface area (Å²) >= 11 is 5.76. The van der Waals surface area contributed by atoms with Crippen LogP contribution in [0.25, 0.3) is 0 Å². The van der Waals surface area contributed by atoms with Gasteiger partial charge in [-0.1, -0.05) is 18.5 Å². The van der Waals surface area contributed by atoms with Gasteiger partial charge in [0.25, 0.3) is 0 Å². The van der Waals surface area contributed by atoms with E-state index in [-0.39, 0.29) is 22.7 Å². The molecule has 0 saturated carbocycles. The third kappa shape index (κ3) is 4.82. The molecule has 0 aromatic carbocycles. The molecule has 0 radical (unpaired) electrons. The summed E-state index contributed by atoms with van der Waals surface area (Å²) < 4.78 is 0. The van der Waals surface area contributed by atoms with E-state index in [2.05, 4.69) is 20.6 Å². The molecule has 0 bridgehead atoms. The van der Waals surface area contributed by atoms with Gasteiger partial charge in [-0.05, 0) is 13.3 Å². The van der Waals surface area contributed by atoms with Crippen molar-refractivity contribution in [2.75, 3.05) is 11.9 Å². The summed E-state index contributed by atoms with van der Waals surface area (Å²) in [5.41, 5.74) is 0.200. The van der Waals surface area contributed by atoms with Crippen LogP contribution in [0.15, 0.2) is 6.33 Å². The number of anilines is 1. The molecule has 19 heavy (non-hydrogen) atoms. The van der Waals surface area contributed by atoms with Crippen LogP contribution in [0.2, 0.25) is 5.15 Å². The Morgan fingerprint density at radius 1 is 1.53 bits per heavy atom. The third-order valence-electron chi connectivity index (χ3n) is 2.62. The van der Waals surface area contributed by atoms with Crippen LogP contribution in [0, 0.1) is 0 Å². The summed E-state index contributed by atoms with van der Waals surface area (Å²) in [7, 11) is 0. The largest absolute Gasteiger partial charge is 0.369 e. The highest BCUT2D eigenvalue weighted by atomic mass is 35.5. The van der Waals surface area contributed by atoms with Crippen LogP contribution in [-0.2, 0) is 4.79 Å². The smallest absolute Gasteiger partial charge is 0.221 e. The lowest BCUT2D eigenvalue weighted by atomic mass is 10.2. The molecular formula is C12H17ClN4O2. The van der Waals surface area contributed by atoms with E-state index in [1.165, 1.54) is 6.33 Å². The molecule has 1 aromatic rings. The lowest BCUT2D eigenvalue weighted by Gasteiger charge is -2.12. The van der Waals surface area contributed by atoms with Crippen molar-refractivity contribution in [3.63, 3.8) is 0 Å². The number of hydrogen-bond acceptors (Lipinski definition) is 5. The third-order valence-corrected chi connectivity index (χ3v) is 2.92. The van der Waals surface area contributed by atoms with Gasteiger partial charge in [0.15, 0.2) is 6.29 Å². The second kappa shape index (κ2) is 7.68. The number of nitrogens with zero attached hydrogens (tertiary/aromatic N) is 2. The van der Waals surface area contributed by atoms with E-state index in [1.807, 2.05) is 13.8 Å². The molecule has 1 unspecified atom stereocenters. The van der Waals surface area contributed by atoms with Gasteiger partial charge in [-0.25, -0.2) is 9.97 Å². The number of halogens is 1. The summed E-state index contributed by atoms with van der Waals surface area (Å²) in [4.78, 5) is 30.0. The maximum absolute atomic E-state index is 11.5. The second-order valence-corrected chi connectivity index (χ2v) is 4.46. The molecule has 0 aliphatic heterocycles. The number of carbonyl (C=O) groups is 2. The van der Waals surface area contributed by atoms with Crippen LogP contribution in [0.5, 0.6) is 0 Å². The Hall–Kier alpha value is -1.69. The van der Waals surface area contributed by atoms with Gasteiger partial charge < -0.3 is 10.6 Å². The Kier molecular flexibility index (Phi) is 6.21. The van der Waals surface area contributed by atoms with Gasteiger partial charge in [0.2, 0.25) is 5.91 Å². The Morgan fingerprint density at radius 3 is 2.89 bits per heavy atom. The first kappa shape index (κ1) is 15.4. The average molecular weight is 285 g/mol. The van der Waals surface area contributed by atoms with Crippen molar-refractivity contribution in [1.29, 1.82) is 0 Å². The zero-order chi connectivity index (χ0) is 14.3. The van der Waals surface area contributed by atoms with Crippen molar-refractivity contribution in [3.8, 4) is 0 Å². The molecule has 1 aromatic heterocycles. The molecule has 6 nitrogen and oxygen atoms in total. The van der Waals surface area contributed by atoms with Crippen molar-refractivity contribution in [2.45, 2.75) is 32.7 Å². The molecule has 1 rings (SSSR count). The quantitative estimate of drug-likeness (QED) is 0.588. The van der Waals surface area contributed by atoms with Gasteiger partial charge in [0.1, 0.15) is 17.3 Å². The summed E-state index contributed by atoms with van der Waals surface area (Å²) in [6, 6.07) is 0.159. The van der Waals surface area contributed by atoms with Crippen molar-refractivity contribution >= 4 is 29.6 Å². The first-order valence-corrected chi connectivity index (χ1v) is 6.45. The van der Waals surface area contributed by atoms with Crippen molar-refractivity contribution in [2.24, 2.45) is 0 Å². The van der Waals surface area contributed by atoms with E-state index in [1.54, 1.807) is 0 Å². The SMILES string of the molecule is CCC(C)NC(=O)CCNc1ncnc(Cl)c1C=O. The molecule has 0 spiro atoms. The minimum atomic E-state index is -0.0466. The second-order valence-electron chi connectivity index (χ2n) is 4.10. The molecule has 0 fully saturated rings. The highest BCUT2D eigenvalue weighted by Gasteiger charge is 2.09. The van der Waals surface area contributed by atoms with Gasteiger partial charge in [-0.3, -0.25) is 9.59 Å². The van der Waals surface area contributed by atoms with Gasteiger partial charge in [-0.2, -0.15) is 0 Å². The predicted octanol–water partition coefficient (Wildman–Crippen LogP) is 1.66. The maximum Gasteiger partial charge on any atom is 0.221 e. The molecule has 1 heterocycles. The van der Waals surface area contributed by atoms with E-state index < -0.39 is 0 Å². The fourth-order valence-corrected chi connectivity index (χ4v) is 1.54. The van der Waals surface area contributed by atoms with E-state index in [0.717, 1.165) is 6.42 Å². The van der Waals surface area contributed by atoms with Gasteiger partial charge in [-0.15, -0.1) is 0 Å². The Labute approximate surface area is 117 Å². The Bertz CT molecular complexity index is 453. The monoisotopic (exact) mass is 284 g/mol. The fraction of sp³-hybridized carbons (Fsp3) is 0.500. The number of rotatable bonds is 7. The van der Waals surface area contributed by atoms with Gasteiger partial charge >= 0.3 is 0 Å². The molecule has 0 aliphatic rings. The predicted molar refractivity (Wildman–Crippen MR) is 73.4 cm³/mol. The van der Waals surface area contributed by atoms with Crippen LogP contribution < -0.4 is 10.6 Å². The van der Waals surface area contributed by atoms with E-state index in [0.29, 0.717) is 25.1 Å². The van der Waals surface area contributed by atoms with Gasteiger partial charge in [0, 0.05) is 19.0 Å². The number of hydrogen-bond donors (Lipinski definition) is 2. The molecule has 1 amide bonds. The van der Waals surface area contributed by atoms with Crippen LogP contribution in [0.3, 0.4) is 0 Å². The van der Waals surface area contributed by atoms with Crippen LogP contribution in [0.1, 0.15) is 37.0 Å². The van der Waals surface area contributed by atoms with Crippen LogP contribution >= 0.6 is 11.6 Å². The normalized spacial score (nSPS) is 11.7. The summed E-state index contributed by atoms with van der Waals surface area (Å²) in [5, 5.41) is 5.84. The van der Waals surface area contributed by atoms with Crippen LogP contribution in [0.4, 0.5) is 5.82 Å². The maximum atomic E-state index is 11.5. The Balaban J connectivity index is 2.47. The van der Waals surface area contributed by atoms with Crippen LogP contribution in [-0.4, -0.2) is 34.7 Å². The molecule has 2 N–H and O–H groups in total.